The fraction of sp³-hybridized carbons (Fsp3) is 0.185. The van der Waals surface area contributed by atoms with Gasteiger partial charge in [-0.15, -0.1) is 21.5 Å². The molecule has 0 fully saturated rings. The number of H-pyrrole nitrogens is 1. The lowest BCUT2D eigenvalue weighted by molar-refractivity contribution is 0.0944. The molecule has 2 aromatic carbocycles. The molecule has 0 aliphatic rings. The van der Waals surface area contributed by atoms with E-state index < -0.39 is 0 Å². The highest BCUT2D eigenvalue weighted by Gasteiger charge is 2.24. The number of rotatable bonds is 8. The van der Waals surface area contributed by atoms with Crippen LogP contribution in [0.15, 0.2) is 60.7 Å². The Morgan fingerprint density at radius 3 is 2.47 bits per heavy atom. The van der Waals surface area contributed by atoms with Gasteiger partial charge in [0, 0.05) is 27.8 Å². The van der Waals surface area contributed by atoms with Gasteiger partial charge in [0.25, 0.3) is 5.91 Å². The third kappa shape index (κ3) is 4.45. The van der Waals surface area contributed by atoms with E-state index >= 15 is 0 Å². The highest BCUT2D eigenvalue weighted by atomic mass is 35.5. The SMILES string of the molecule is CCc1cc(C(=O)c2ccccc2Cl)c(-n2c(CC)nnc2CNC(=O)c2cc3ccccc3[nH]2)s1. The van der Waals surface area contributed by atoms with Gasteiger partial charge >= 0.3 is 0 Å². The molecule has 3 heterocycles. The van der Waals surface area contributed by atoms with Gasteiger partial charge in [-0.1, -0.05) is 55.8 Å². The molecule has 0 saturated carbocycles. The van der Waals surface area contributed by atoms with E-state index in [4.69, 9.17) is 11.6 Å². The second-order valence-electron chi connectivity index (χ2n) is 8.27. The van der Waals surface area contributed by atoms with Crippen LogP contribution in [0.1, 0.15) is 56.8 Å². The molecule has 2 N–H and O–H groups in total. The third-order valence-electron chi connectivity index (χ3n) is 5.97. The zero-order valence-electron chi connectivity index (χ0n) is 19.8. The van der Waals surface area contributed by atoms with E-state index in [2.05, 4.69) is 20.5 Å². The quantitative estimate of drug-likeness (QED) is 0.256. The van der Waals surface area contributed by atoms with E-state index in [0.717, 1.165) is 27.2 Å². The van der Waals surface area contributed by atoms with Crippen LogP contribution in [-0.4, -0.2) is 31.4 Å². The Morgan fingerprint density at radius 1 is 0.972 bits per heavy atom. The molecule has 0 unspecified atom stereocenters. The normalized spacial score (nSPS) is 11.2. The number of benzene rings is 2. The molecule has 0 atom stereocenters. The number of nitrogens with zero attached hydrogens (tertiary/aromatic N) is 3. The Morgan fingerprint density at radius 2 is 1.72 bits per heavy atom. The number of hydrogen-bond donors (Lipinski definition) is 2. The van der Waals surface area contributed by atoms with Crippen molar-refractivity contribution in [2.75, 3.05) is 0 Å². The molecule has 0 bridgehead atoms. The maximum absolute atomic E-state index is 13.6. The summed E-state index contributed by atoms with van der Waals surface area (Å²) in [5.41, 5.74) is 2.35. The van der Waals surface area contributed by atoms with E-state index in [1.165, 1.54) is 11.3 Å². The minimum absolute atomic E-state index is 0.153. The van der Waals surface area contributed by atoms with Crippen molar-refractivity contribution >= 4 is 45.5 Å². The molecule has 9 heteroatoms. The standard InChI is InChI=1S/C27H24ClN5O2S/c1-3-17-14-19(25(34)18-10-6-7-11-20(18)28)27(36-17)33-23(4-2)31-32-24(33)15-29-26(35)22-13-16-9-5-8-12-21(16)30-22/h5-14,30H,3-4,15H2,1-2H3,(H,29,35). The zero-order valence-corrected chi connectivity index (χ0v) is 21.4. The zero-order chi connectivity index (χ0) is 25.2. The Labute approximate surface area is 217 Å². The van der Waals surface area contributed by atoms with E-state index in [-0.39, 0.29) is 18.2 Å². The van der Waals surface area contributed by atoms with Crippen LogP contribution in [0.3, 0.4) is 0 Å². The van der Waals surface area contributed by atoms with Crippen LogP contribution in [0.4, 0.5) is 0 Å². The Bertz CT molecular complexity index is 1550. The summed E-state index contributed by atoms with van der Waals surface area (Å²) in [6.45, 7) is 4.19. The number of halogens is 1. The van der Waals surface area contributed by atoms with Gasteiger partial charge in [0.05, 0.1) is 17.1 Å². The maximum atomic E-state index is 13.6. The second-order valence-corrected chi connectivity index (χ2v) is 9.79. The van der Waals surface area contributed by atoms with Crippen molar-refractivity contribution in [1.82, 2.24) is 25.1 Å². The van der Waals surface area contributed by atoms with Gasteiger partial charge in [-0.3, -0.25) is 14.2 Å². The monoisotopic (exact) mass is 517 g/mol. The van der Waals surface area contributed by atoms with Crippen LogP contribution >= 0.6 is 22.9 Å². The highest BCUT2D eigenvalue weighted by molar-refractivity contribution is 7.15. The number of amides is 1. The lowest BCUT2D eigenvalue weighted by Gasteiger charge is -2.11. The first-order chi connectivity index (χ1) is 17.5. The Kier molecular flexibility index (Phi) is 6.71. The highest BCUT2D eigenvalue weighted by Crippen LogP contribution is 2.32. The van der Waals surface area contributed by atoms with Crippen molar-refractivity contribution in [3.05, 3.63) is 99.0 Å². The maximum Gasteiger partial charge on any atom is 0.268 e. The van der Waals surface area contributed by atoms with E-state index in [9.17, 15) is 9.59 Å². The minimum atomic E-state index is -0.244. The van der Waals surface area contributed by atoms with Crippen LogP contribution in [0.5, 0.6) is 0 Å². The molecule has 5 aromatic rings. The molecule has 0 aliphatic heterocycles. The molecule has 0 saturated heterocycles. The summed E-state index contributed by atoms with van der Waals surface area (Å²) in [5, 5.41) is 13.7. The van der Waals surface area contributed by atoms with Gasteiger partial charge < -0.3 is 10.3 Å². The van der Waals surface area contributed by atoms with Crippen LogP contribution < -0.4 is 5.32 Å². The summed E-state index contributed by atoms with van der Waals surface area (Å²) in [6.07, 6.45) is 1.39. The molecular formula is C27H24ClN5O2S. The fourth-order valence-corrected chi connectivity index (χ4v) is 5.46. The molecule has 3 aromatic heterocycles. The summed E-state index contributed by atoms with van der Waals surface area (Å²) in [5.74, 6) is 0.860. The topological polar surface area (TPSA) is 92.7 Å². The molecule has 5 rings (SSSR count). The van der Waals surface area contributed by atoms with Gasteiger partial charge in [0.2, 0.25) is 0 Å². The van der Waals surface area contributed by atoms with Crippen molar-refractivity contribution in [3.63, 3.8) is 0 Å². The lowest BCUT2D eigenvalue weighted by atomic mass is 10.0. The molecule has 182 valence electrons. The van der Waals surface area contributed by atoms with Gasteiger partial charge in [0.1, 0.15) is 16.5 Å². The summed E-state index contributed by atoms with van der Waals surface area (Å²) >= 11 is 7.87. The van der Waals surface area contributed by atoms with Crippen molar-refractivity contribution in [2.24, 2.45) is 0 Å². The van der Waals surface area contributed by atoms with Crippen LogP contribution in [0.25, 0.3) is 15.9 Å². The van der Waals surface area contributed by atoms with Gasteiger partial charge in [0.15, 0.2) is 11.6 Å². The van der Waals surface area contributed by atoms with Crippen molar-refractivity contribution < 1.29 is 9.59 Å². The summed E-state index contributed by atoms with van der Waals surface area (Å²) < 4.78 is 1.89. The van der Waals surface area contributed by atoms with Gasteiger partial charge in [-0.2, -0.15) is 0 Å². The van der Waals surface area contributed by atoms with Gasteiger partial charge in [-0.05, 0) is 36.8 Å². The first-order valence-corrected chi connectivity index (χ1v) is 12.9. The molecule has 0 radical (unpaired) electrons. The van der Waals surface area contributed by atoms with Crippen LogP contribution in [0.2, 0.25) is 5.02 Å². The first-order valence-electron chi connectivity index (χ1n) is 11.7. The molecular weight excluding hydrogens is 494 g/mol. The number of fused-ring (bicyclic) bond motifs is 1. The number of thiophene rings is 1. The number of ketones is 1. The number of carbonyl (C=O) groups excluding carboxylic acids is 2. The smallest absolute Gasteiger partial charge is 0.268 e. The van der Waals surface area contributed by atoms with Crippen LogP contribution in [-0.2, 0) is 19.4 Å². The average molecular weight is 518 g/mol. The predicted molar refractivity (Wildman–Crippen MR) is 142 cm³/mol. The van der Waals surface area contributed by atoms with Crippen molar-refractivity contribution in [1.29, 1.82) is 0 Å². The number of carbonyl (C=O) groups is 2. The second kappa shape index (κ2) is 10.1. The van der Waals surface area contributed by atoms with Crippen LogP contribution in [0, 0.1) is 0 Å². The largest absolute Gasteiger partial charge is 0.351 e. The fourth-order valence-electron chi connectivity index (χ4n) is 4.11. The number of para-hydroxylation sites is 1. The lowest BCUT2D eigenvalue weighted by Crippen LogP contribution is -2.25. The Balaban J connectivity index is 1.49. The summed E-state index contributed by atoms with van der Waals surface area (Å²) in [6, 6.07) is 18.5. The van der Waals surface area contributed by atoms with Crippen molar-refractivity contribution in [2.45, 2.75) is 33.2 Å². The minimum Gasteiger partial charge on any atom is -0.351 e. The summed E-state index contributed by atoms with van der Waals surface area (Å²) in [7, 11) is 0. The molecule has 1 amide bonds. The molecule has 7 nitrogen and oxygen atoms in total. The van der Waals surface area contributed by atoms with Gasteiger partial charge in [-0.25, -0.2) is 0 Å². The Hall–Kier alpha value is -3.75. The van der Waals surface area contributed by atoms with E-state index in [0.29, 0.717) is 39.9 Å². The molecule has 0 aliphatic carbocycles. The molecule has 0 spiro atoms. The number of aryl methyl sites for hydroxylation is 2. The van der Waals surface area contributed by atoms with E-state index in [1.54, 1.807) is 24.3 Å². The number of aromatic amines is 1. The third-order valence-corrected chi connectivity index (χ3v) is 7.57. The summed E-state index contributed by atoms with van der Waals surface area (Å²) in [4.78, 5) is 30.6. The predicted octanol–water partition coefficient (Wildman–Crippen LogP) is 5.75. The average Bonchev–Trinajstić information content (AvgIpc) is 3.62. The van der Waals surface area contributed by atoms with Crippen molar-refractivity contribution in [3.8, 4) is 5.00 Å². The number of aromatic nitrogens is 4. The number of nitrogens with one attached hydrogen (secondary N) is 2. The molecule has 36 heavy (non-hydrogen) atoms. The van der Waals surface area contributed by atoms with E-state index in [1.807, 2.05) is 54.8 Å². The number of hydrogen-bond acceptors (Lipinski definition) is 5. The first kappa shape index (κ1) is 24.0.